The fourth-order valence-corrected chi connectivity index (χ4v) is 3.22. The molecule has 0 saturated heterocycles. The van der Waals surface area contributed by atoms with Crippen LogP contribution in [-0.2, 0) is 13.5 Å². The van der Waals surface area contributed by atoms with Crippen molar-refractivity contribution in [3.63, 3.8) is 0 Å². The molecule has 3 atom stereocenters. The minimum absolute atomic E-state index is 0.362. The van der Waals surface area contributed by atoms with Gasteiger partial charge < -0.3 is 4.57 Å². The molecular weight excluding hydrogens is 224 g/mol. The lowest BCUT2D eigenvalue weighted by atomic mass is 9.76. The third kappa shape index (κ3) is 3.12. The number of nitrogens with zero attached hydrogens (tertiary/aromatic N) is 2. The van der Waals surface area contributed by atoms with Gasteiger partial charge in [-0.25, -0.2) is 4.98 Å². The van der Waals surface area contributed by atoms with Gasteiger partial charge in [-0.3, -0.25) is 11.3 Å². The molecule has 0 spiro atoms. The zero-order valence-electron chi connectivity index (χ0n) is 11.6. The maximum Gasteiger partial charge on any atom is 0.109 e. The molecule has 4 nitrogen and oxygen atoms in total. The van der Waals surface area contributed by atoms with E-state index in [-0.39, 0.29) is 0 Å². The molecule has 0 aliphatic heterocycles. The van der Waals surface area contributed by atoms with Crippen molar-refractivity contribution < 1.29 is 0 Å². The van der Waals surface area contributed by atoms with Gasteiger partial charge in [0.2, 0.25) is 0 Å². The Balaban J connectivity index is 1.97. The van der Waals surface area contributed by atoms with Crippen LogP contribution >= 0.6 is 0 Å². The molecule has 0 amide bonds. The van der Waals surface area contributed by atoms with Crippen molar-refractivity contribution in [2.75, 3.05) is 0 Å². The summed E-state index contributed by atoms with van der Waals surface area (Å²) in [6.07, 6.45) is 11.5. The first-order valence-electron chi connectivity index (χ1n) is 7.16. The summed E-state index contributed by atoms with van der Waals surface area (Å²) in [6.45, 7) is 2.30. The normalized spacial score (nSPS) is 26.2. The first-order chi connectivity index (χ1) is 8.74. The fourth-order valence-electron chi connectivity index (χ4n) is 3.22. The van der Waals surface area contributed by atoms with Gasteiger partial charge in [-0.15, -0.1) is 0 Å². The lowest BCUT2D eigenvalue weighted by molar-refractivity contribution is 0.206. The van der Waals surface area contributed by atoms with Crippen molar-refractivity contribution in [1.29, 1.82) is 0 Å². The second kappa shape index (κ2) is 6.34. The van der Waals surface area contributed by atoms with E-state index in [1.54, 1.807) is 0 Å². The summed E-state index contributed by atoms with van der Waals surface area (Å²) in [5.74, 6) is 8.48. The van der Waals surface area contributed by atoms with E-state index in [1.807, 2.05) is 19.4 Å². The number of nitrogens with one attached hydrogen (secondary N) is 1. The van der Waals surface area contributed by atoms with Crippen LogP contribution in [0.5, 0.6) is 0 Å². The monoisotopic (exact) mass is 250 g/mol. The maximum atomic E-state index is 5.77. The number of hydrazine groups is 1. The Kier molecular flexibility index (Phi) is 4.78. The number of rotatable bonds is 5. The molecule has 0 radical (unpaired) electrons. The SMILES string of the molecule is CCC1CCCC(C(Cc2nccn2C)NN)C1. The van der Waals surface area contributed by atoms with Gasteiger partial charge >= 0.3 is 0 Å². The van der Waals surface area contributed by atoms with E-state index < -0.39 is 0 Å². The Hall–Kier alpha value is -0.870. The molecular formula is C14H26N4. The van der Waals surface area contributed by atoms with E-state index in [1.165, 1.54) is 32.1 Å². The topological polar surface area (TPSA) is 55.9 Å². The molecule has 1 aliphatic carbocycles. The van der Waals surface area contributed by atoms with Crippen LogP contribution in [0.2, 0.25) is 0 Å². The standard InChI is InChI=1S/C14H26N4/c1-3-11-5-4-6-12(9-11)13(17-15)10-14-16-7-8-18(14)2/h7-8,11-13,17H,3-6,9-10,15H2,1-2H3. The van der Waals surface area contributed by atoms with Gasteiger partial charge in [0.1, 0.15) is 5.82 Å². The highest BCUT2D eigenvalue weighted by Crippen LogP contribution is 2.33. The molecule has 3 N–H and O–H groups in total. The summed E-state index contributed by atoms with van der Waals surface area (Å²) in [6, 6.07) is 0.362. The zero-order chi connectivity index (χ0) is 13.0. The van der Waals surface area contributed by atoms with Crippen molar-refractivity contribution in [3.05, 3.63) is 18.2 Å². The average Bonchev–Trinajstić information content (AvgIpc) is 2.81. The Morgan fingerprint density at radius 2 is 2.39 bits per heavy atom. The molecule has 2 rings (SSSR count). The van der Waals surface area contributed by atoms with E-state index in [2.05, 4.69) is 21.9 Å². The van der Waals surface area contributed by atoms with E-state index in [0.29, 0.717) is 12.0 Å². The quantitative estimate of drug-likeness (QED) is 0.621. The summed E-state index contributed by atoms with van der Waals surface area (Å²) < 4.78 is 2.09. The lowest BCUT2D eigenvalue weighted by Gasteiger charge is -2.33. The van der Waals surface area contributed by atoms with Crippen LogP contribution in [0.25, 0.3) is 0 Å². The number of nitrogens with two attached hydrogens (primary N) is 1. The third-order valence-corrected chi connectivity index (χ3v) is 4.51. The third-order valence-electron chi connectivity index (χ3n) is 4.51. The van der Waals surface area contributed by atoms with Gasteiger partial charge in [-0.1, -0.05) is 26.2 Å². The van der Waals surface area contributed by atoms with E-state index in [4.69, 9.17) is 5.84 Å². The molecule has 1 fully saturated rings. The Morgan fingerprint density at radius 1 is 1.56 bits per heavy atom. The summed E-state index contributed by atoms with van der Waals surface area (Å²) in [7, 11) is 2.05. The van der Waals surface area contributed by atoms with Crippen molar-refractivity contribution in [1.82, 2.24) is 15.0 Å². The number of aromatic nitrogens is 2. The molecule has 1 aromatic rings. The molecule has 3 unspecified atom stereocenters. The molecule has 1 saturated carbocycles. The van der Waals surface area contributed by atoms with E-state index in [9.17, 15) is 0 Å². The number of hydrogen-bond acceptors (Lipinski definition) is 3. The van der Waals surface area contributed by atoms with Crippen LogP contribution in [0.1, 0.15) is 44.9 Å². The van der Waals surface area contributed by atoms with Crippen LogP contribution < -0.4 is 11.3 Å². The highest BCUT2D eigenvalue weighted by molar-refractivity contribution is 4.96. The molecule has 0 bridgehead atoms. The smallest absolute Gasteiger partial charge is 0.109 e. The molecule has 0 aromatic carbocycles. The molecule has 1 aliphatic rings. The largest absolute Gasteiger partial charge is 0.338 e. The van der Waals surface area contributed by atoms with Gasteiger partial charge in [-0.2, -0.15) is 0 Å². The second-order valence-electron chi connectivity index (χ2n) is 5.63. The molecule has 102 valence electrons. The molecule has 1 aromatic heterocycles. The predicted molar refractivity (Wildman–Crippen MR) is 73.8 cm³/mol. The predicted octanol–water partition coefficient (Wildman–Crippen LogP) is 2.01. The number of aryl methyl sites for hydroxylation is 1. The van der Waals surface area contributed by atoms with Crippen molar-refractivity contribution in [2.24, 2.45) is 24.7 Å². The van der Waals surface area contributed by atoms with Gasteiger partial charge in [0.05, 0.1) is 0 Å². The summed E-state index contributed by atoms with van der Waals surface area (Å²) in [5, 5.41) is 0. The highest BCUT2D eigenvalue weighted by atomic mass is 15.2. The van der Waals surface area contributed by atoms with Crippen LogP contribution in [0.3, 0.4) is 0 Å². The van der Waals surface area contributed by atoms with Crippen LogP contribution in [0.4, 0.5) is 0 Å². The Labute approximate surface area is 110 Å². The molecule has 4 heteroatoms. The van der Waals surface area contributed by atoms with Gasteiger partial charge in [0.15, 0.2) is 0 Å². The Morgan fingerprint density at radius 3 is 3.00 bits per heavy atom. The average molecular weight is 250 g/mol. The van der Waals surface area contributed by atoms with Gasteiger partial charge in [-0.05, 0) is 24.7 Å². The first kappa shape index (κ1) is 13.6. The van der Waals surface area contributed by atoms with Gasteiger partial charge in [0.25, 0.3) is 0 Å². The van der Waals surface area contributed by atoms with Crippen LogP contribution in [-0.4, -0.2) is 15.6 Å². The number of imidazole rings is 1. The fraction of sp³-hybridized carbons (Fsp3) is 0.786. The minimum atomic E-state index is 0.362. The molecule has 1 heterocycles. The van der Waals surface area contributed by atoms with Crippen molar-refractivity contribution in [2.45, 2.75) is 51.5 Å². The summed E-state index contributed by atoms with van der Waals surface area (Å²) in [4.78, 5) is 4.40. The maximum absolute atomic E-state index is 5.77. The summed E-state index contributed by atoms with van der Waals surface area (Å²) >= 11 is 0. The van der Waals surface area contributed by atoms with Gasteiger partial charge in [0, 0.05) is 31.9 Å². The second-order valence-corrected chi connectivity index (χ2v) is 5.63. The van der Waals surface area contributed by atoms with Crippen molar-refractivity contribution >= 4 is 0 Å². The number of hydrogen-bond donors (Lipinski definition) is 2. The van der Waals surface area contributed by atoms with Crippen molar-refractivity contribution in [3.8, 4) is 0 Å². The van der Waals surface area contributed by atoms with E-state index in [0.717, 1.165) is 18.2 Å². The van der Waals surface area contributed by atoms with E-state index >= 15 is 0 Å². The summed E-state index contributed by atoms with van der Waals surface area (Å²) in [5.41, 5.74) is 3.03. The minimum Gasteiger partial charge on any atom is -0.338 e. The van der Waals surface area contributed by atoms with Crippen LogP contribution in [0.15, 0.2) is 12.4 Å². The van der Waals surface area contributed by atoms with Crippen LogP contribution in [0, 0.1) is 11.8 Å². The highest BCUT2D eigenvalue weighted by Gasteiger charge is 2.27. The molecule has 18 heavy (non-hydrogen) atoms. The first-order valence-corrected chi connectivity index (χ1v) is 7.16. The zero-order valence-corrected chi connectivity index (χ0v) is 11.6. The lowest BCUT2D eigenvalue weighted by Crippen LogP contribution is -2.44. The Bertz CT molecular complexity index is 360.